The van der Waals surface area contributed by atoms with Crippen molar-refractivity contribution < 1.29 is 18.7 Å². The zero-order valence-corrected chi connectivity index (χ0v) is 11.5. The number of aromatic nitrogens is 2. The number of nitrogens with zero attached hydrogens (tertiary/aromatic N) is 3. The summed E-state index contributed by atoms with van der Waals surface area (Å²) in [7, 11) is 0. The average Bonchev–Trinajstić information content (AvgIpc) is 2.86. The van der Waals surface area contributed by atoms with Crippen LogP contribution in [0.15, 0.2) is 24.4 Å². The Morgan fingerprint density at radius 2 is 1.91 bits per heavy atom. The lowest BCUT2D eigenvalue weighted by atomic mass is 10.2. The lowest BCUT2D eigenvalue weighted by Gasteiger charge is -2.26. The Morgan fingerprint density at radius 3 is 2.59 bits per heavy atom. The van der Waals surface area contributed by atoms with E-state index in [1.165, 1.54) is 17.0 Å². The van der Waals surface area contributed by atoms with Gasteiger partial charge in [-0.1, -0.05) is 6.08 Å². The second-order valence-electron chi connectivity index (χ2n) is 5.00. The van der Waals surface area contributed by atoms with Gasteiger partial charge in [-0.15, -0.1) is 0 Å². The molecule has 22 heavy (non-hydrogen) atoms. The number of hydrogen-bond donors (Lipinski definition) is 1. The van der Waals surface area contributed by atoms with Crippen LogP contribution in [0.2, 0.25) is 0 Å². The van der Waals surface area contributed by atoms with Crippen LogP contribution in [-0.4, -0.2) is 32.2 Å². The van der Waals surface area contributed by atoms with Crippen molar-refractivity contribution in [3.63, 3.8) is 0 Å². The van der Waals surface area contributed by atoms with Crippen LogP contribution >= 0.6 is 0 Å². The van der Waals surface area contributed by atoms with Crippen molar-refractivity contribution in [1.29, 1.82) is 0 Å². The summed E-state index contributed by atoms with van der Waals surface area (Å²) in [5.74, 6) is -0.645. The van der Waals surface area contributed by atoms with Gasteiger partial charge in [-0.3, -0.25) is 0 Å². The van der Waals surface area contributed by atoms with Gasteiger partial charge in [-0.25, -0.2) is 18.6 Å². The second-order valence-corrected chi connectivity index (χ2v) is 5.00. The highest BCUT2D eigenvalue weighted by molar-refractivity contribution is 5.67. The minimum absolute atomic E-state index is 0.283. The highest BCUT2D eigenvalue weighted by atomic mass is 19.1. The third kappa shape index (κ3) is 2.83. The van der Waals surface area contributed by atoms with E-state index in [0.29, 0.717) is 24.5 Å². The first-order valence-electron chi connectivity index (χ1n) is 6.69. The molecule has 1 aliphatic heterocycles. The van der Waals surface area contributed by atoms with Crippen molar-refractivity contribution in [1.82, 2.24) is 14.5 Å². The van der Waals surface area contributed by atoms with Crippen molar-refractivity contribution in [3.8, 4) is 0 Å². The lowest BCUT2D eigenvalue weighted by molar-refractivity contribution is 0.132. The van der Waals surface area contributed by atoms with Crippen LogP contribution < -0.4 is 0 Å². The number of carbonyl (C=O) groups is 1. The Kier molecular flexibility index (Phi) is 3.62. The van der Waals surface area contributed by atoms with E-state index >= 15 is 0 Å². The normalized spacial score (nSPS) is 14.4. The average molecular weight is 305 g/mol. The Morgan fingerprint density at radius 1 is 1.18 bits per heavy atom. The van der Waals surface area contributed by atoms with Gasteiger partial charge in [0.1, 0.15) is 17.5 Å². The number of benzene rings is 1. The van der Waals surface area contributed by atoms with Crippen LogP contribution in [-0.2, 0) is 13.1 Å². The maximum absolute atomic E-state index is 13.1. The molecular formula is C15H13F2N3O2. The summed E-state index contributed by atoms with van der Waals surface area (Å²) in [6, 6.07) is 3.27. The first kappa shape index (κ1) is 14.2. The lowest BCUT2D eigenvalue weighted by Crippen LogP contribution is -2.37. The molecule has 114 valence electrons. The van der Waals surface area contributed by atoms with E-state index in [-0.39, 0.29) is 6.54 Å². The molecule has 1 aromatic carbocycles. The zero-order valence-electron chi connectivity index (χ0n) is 11.5. The molecule has 0 atom stereocenters. The second kappa shape index (κ2) is 5.59. The first-order valence-corrected chi connectivity index (χ1v) is 6.69. The number of fused-ring (bicyclic) bond motifs is 1. The summed E-state index contributed by atoms with van der Waals surface area (Å²) < 4.78 is 28.2. The Hall–Kier alpha value is -2.70. The zero-order chi connectivity index (χ0) is 15.7. The van der Waals surface area contributed by atoms with Crippen molar-refractivity contribution >= 4 is 18.2 Å². The molecule has 0 unspecified atom stereocenters. The molecule has 0 fully saturated rings. The monoisotopic (exact) mass is 305 g/mol. The maximum atomic E-state index is 13.1. The van der Waals surface area contributed by atoms with E-state index in [9.17, 15) is 13.6 Å². The van der Waals surface area contributed by atoms with Gasteiger partial charge < -0.3 is 14.6 Å². The molecule has 2 aromatic rings. The van der Waals surface area contributed by atoms with Crippen LogP contribution in [0.3, 0.4) is 0 Å². The van der Waals surface area contributed by atoms with Crippen LogP contribution in [0.25, 0.3) is 12.2 Å². The molecule has 1 aliphatic rings. The summed E-state index contributed by atoms with van der Waals surface area (Å²) in [5, 5.41) is 8.99. The highest BCUT2D eigenvalue weighted by Crippen LogP contribution is 2.17. The third-order valence-electron chi connectivity index (χ3n) is 3.50. The van der Waals surface area contributed by atoms with Gasteiger partial charge in [-0.05, 0) is 23.8 Å². The van der Waals surface area contributed by atoms with Gasteiger partial charge in [0.2, 0.25) is 0 Å². The van der Waals surface area contributed by atoms with E-state index in [0.717, 1.165) is 11.8 Å². The van der Waals surface area contributed by atoms with Crippen molar-refractivity contribution in [2.45, 2.75) is 13.1 Å². The quantitative estimate of drug-likeness (QED) is 0.928. The molecule has 0 saturated carbocycles. The number of halogens is 2. The molecule has 1 N–H and O–H groups in total. The van der Waals surface area contributed by atoms with E-state index < -0.39 is 17.7 Å². The molecule has 7 heteroatoms. The minimum atomic E-state index is -0.959. The molecule has 2 heterocycles. The Balaban J connectivity index is 1.83. The number of rotatable bonds is 2. The number of imidazole rings is 1. The topological polar surface area (TPSA) is 58.4 Å². The molecule has 3 rings (SSSR count). The molecule has 5 nitrogen and oxygen atoms in total. The van der Waals surface area contributed by atoms with Gasteiger partial charge >= 0.3 is 6.09 Å². The van der Waals surface area contributed by atoms with Crippen LogP contribution in [0.4, 0.5) is 13.6 Å². The van der Waals surface area contributed by atoms with Crippen LogP contribution in [0.5, 0.6) is 0 Å². The van der Waals surface area contributed by atoms with Crippen molar-refractivity contribution in [3.05, 3.63) is 53.1 Å². The largest absolute Gasteiger partial charge is 0.465 e. The SMILES string of the molecule is O=C(O)N1CCn2c(cnc2/C=C/c2cc(F)cc(F)c2)C1. The van der Waals surface area contributed by atoms with Gasteiger partial charge in [-0.2, -0.15) is 0 Å². The van der Waals surface area contributed by atoms with Crippen molar-refractivity contribution in [2.75, 3.05) is 6.54 Å². The molecule has 0 radical (unpaired) electrons. The van der Waals surface area contributed by atoms with Gasteiger partial charge in [0, 0.05) is 19.2 Å². The molecule has 1 aromatic heterocycles. The van der Waals surface area contributed by atoms with Crippen LogP contribution in [0.1, 0.15) is 17.1 Å². The number of amides is 1. The summed E-state index contributed by atoms with van der Waals surface area (Å²) in [6.45, 7) is 1.16. The van der Waals surface area contributed by atoms with Crippen molar-refractivity contribution in [2.24, 2.45) is 0 Å². The van der Waals surface area contributed by atoms with E-state index in [1.54, 1.807) is 18.3 Å². The van der Waals surface area contributed by atoms with E-state index in [4.69, 9.17) is 5.11 Å². The van der Waals surface area contributed by atoms with Gasteiger partial charge in [0.05, 0.1) is 18.4 Å². The van der Waals surface area contributed by atoms with E-state index in [1.807, 2.05) is 4.57 Å². The fourth-order valence-corrected chi connectivity index (χ4v) is 2.45. The minimum Gasteiger partial charge on any atom is -0.465 e. The van der Waals surface area contributed by atoms with Gasteiger partial charge in [0.25, 0.3) is 0 Å². The number of hydrogen-bond acceptors (Lipinski definition) is 2. The standard InChI is InChI=1S/C15H13F2N3O2/c16-11-5-10(6-12(17)7-11)1-2-14-18-8-13-9-19(15(21)22)3-4-20(13)14/h1-2,5-8H,3-4,9H2,(H,21,22)/b2-1+. The molecule has 0 spiro atoms. The van der Waals surface area contributed by atoms with Crippen LogP contribution in [0, 0.1) is 11.6 Å². The Labute approximate surface area is 125 Å². The predicted octanol–water partition coefficient (Wildman–Crippen LogP) is 2.83. The maximum Gasteiger partial charge on any atom is 0.407 e. The smallest absolute Gasteiger partial charge is 0.407 e. The summed E-state index contributed by atoms with van der Waals surface area (Å²) in [4.78, 5) is 16.5. The fraction of sp³-hybridized carbons (Fsp3) is 0.200. The fourth-order valence-electron chi connectivity index (χ4n) is 2.45. The summed E-state index contributed by atoms with van der Waals surface area (Å²) >= 11 is 0. The highest BCUT2D eigenvalue weighted by Gasteiger charge is 2.21. The predicted molar refractivity (Wildman–Crippen MR) is 75.9 cm³/mol. The molecular weight excluding hydrogens is 292 g/mol. The molecule has 0 aliphatic carbocycles. The number of carboxylic acid groups (broad SMARTS) is 1. The summed E-state index contributed by atoms with van der Waals surface area (Å²) in [6.07, 6.45) is 3.89. The molecule has 0 saturated heterocycles. The van der Waals surface area contributed by atoms with Gasteiger partial charge in [0.15, 0.2) is 0 Å². The molecule has 0 bridgehead atoms. The first-order chi connectivity index (χ1) is 10.5. The third-order valence-corrected chi connectivity index (χ3v) is 3.50. The molecule has 1 amide bonds. The Bertz CT molecular complexity index is 735. The van der Waals surface area contributed by atoms with E-state index in [2.05, 4.69) is 4.98 Å². The summed E-state index contributed by atoms with van der Waals surface area (Å²) in [5.41, 5.74) is 1.19.